The standard InChI is InChI=1S/C8H16N2O3S/c1-5(14-3)4-9-8(13)10-6(2)7(11)12/h5-6H,4H2,1-3H3,(H,11,12)(H2,9,10,13)/t5?,6-/m1/s1. The van der Waals surface area contributed by atoms with Crippen molar-refractivity contribution in [3.05, 3.63) is 0 Å². The Bertz CT molecular complexity index is 211. The van der Waals surface area contributed by atoms with E-state index < -0.39 is 18.0 Å². The molecular formula is C8H16N2O3S. The maximum atomic E-state index is 11.1. The topological polar surface area (TPSA) is 78.4 Å². The van der Waals surface area contributed by atoms with Crippen molar-refractivity contribution in [1.29, 1.82) is 0 Å². The third kappa shape index (κ3) is 5.69. The summed E-state index contributed by atoms with van der Waals surface area (Å²) in [5.74, 6) is -1.04. The average Bonchev–Trinajstić information content (AvgIpc) is 2.13. The van der Waals surface area contributed by atoms with Crippen LogP contribution in [0, 0.1) is 0 Å². The first-order chi connectivity index (χ1) is 6.47. The van der Waals surface area contributed by atoms with Gasteiger partial charge in [-0.1, -0.05) is 6.92 Å². The van der Waals surface area contributed by atoms with E-state index in [-0.39, 0.29) is 0 Å². The van der Waals surface area contributed by atoms with Crippen LogP contribution in [0.1, 0.15) is 13.8 Å². The minimum Gasteiger partial charge on any atom is -0.480 e. The molecule has 2 amide bonds. The van der Waals surface area contributed by atoms with Crippen LogP contribution in [-0.4, -0.2) is 41.2 Å². The molecule has 0 rings (SSSR count). The third-order valence-electron chi connectivity index (χ3n) is 1.67. The fourth-order valence-electron chi connectivity index (χ4n) is 0.629. The zero-order valence-corrected chi connectivity index (χ0v) is 9.35. The number of carbonyl (C=O) groups excluding carboxylic acids is 1. The molecule has 0 aromatic heterocycles. The van der Waals surface area contributed by atoms with E-state index in [2.05, 4.69) is 10.6 Å². The summed E-state index contributed by atoms with van der Waals surface area (Å²) in [6, 6.07) is -1.31. The molecular weight excluding hydrogens is 204 g/mol. The van der Waals surface area contributed by atoms with Crippen molar-refractivity contribution in [3.63, 3.8) is 0 Å². The molecule has 5 nitrogen and oxygen atoms in total. The Labute approximate surface area is 87.6 Å². The predicted octanol–water partition coefficient (Wildman–Crippen LogP) is 0.510. The van der Waals surface area contributed by atoms with E-state index in [9.17, 15) is 9.59 Å². The minimum absolute atomic E-state index is 0.320. The SMILES string of the molecule is CSC(C)CNC(=O)N[C@H](C)C(=O)O. The van der Waals surface area contributed by atoms with Gasteiger partial charge in [-0.15, -0.1) is 0 Å². The fraction of sp³-hybridized carbons (Fsp3) is 0.750. The van der Waals surface area contributed by atoms with E-state index in [1.807, 2.05) is 13.2 Å². The monoisotopic (exact) mass is 220 g/mol. The number of thioether (sulfide) groups is 1. The lowest BCUT2D eigenvalue weighted by Crippen LogP contribution is -2.45. The highest BCUT2D eigenvalue weighted by Gasteiger charge is 2.13. The normalized spacial score (nSPS) is 14.2. The number of aliphatic carboxylic acids is 1. The first kappa shape index (κ1) is 13.1. The fourth-order valence-corrected chi connectivity index (χ4v) is 0.879. The molecule has 0 heterocycles. The van der Waals surface area contributed by atoms with Gasteiger partial charge in [0.2, 0.25) is 0 Å². The smallest absolute Gasteiger partial charge is 0.325 e. The first-order valence-corrected chi connectivity index (χ1v) is 5.56. The number of carbonyl (C=O) groups is 2. The van der Waals surface area contributed by atoms with Gasteiger partial charge in [0.05, 0.1) is 0 Å². The Balaban J connectivity index is 3.71. The Morgan fingerprint density at radius 1 is 1.43 bits per heavy atom. The van der Waals surface area contributed by atoms with Gasteiger partial charge in [-0.2, -0.15) is 11.8 Å². The van der Waals surface area contributed by atoms with Crippen LogP contribution in [0.25, 0.3) is 0 Å². The van der Waals surface area contributed by atoms with Gasteiger partial charge in [-0.3, -0.25) is 4.79 Å². The number of carboxylic acids is 1. The van der Waals surface area contributed by atoms with Crippen LogP contribution in [0.5, 0.6) is 0 Å². The number of carboxylic acid groups (broad SMARTS) is 1. The zero-order valence-electron chi connectivity index (χ0n) is 8.53. The zero-order chi connectivity index (χ0) is 11.1. The summed E-state index contributed by atoms with van der Waals surface area (Å²) in [5.41, 5.74) is 0. The van der Waals surface area contributed by atoms with E-state index in [0.29, 0.717) is 11.8 Å². The van der Waals surface area contributed by atoms with Crippen LogP contribution in [0.2, 0.25) is 0 Å². The average molecular weight is 220 g/mol. The van der Waals surface area contributed by atoms with Gasteiger partial charge in [0.1, 0.15) is 6.04 Å². The second-order valence-electron chi connectivity index (χ2n) is 2.96. The highest BCUT2D eigenvalue weighted by molar-refractivity contribution is 7.99. The van der Waals surface area contributed by atoms with E-state index >= 15 is 0 Å². The molecule has 14 heavy (non-hydrogen) atoms. The molecule has 0 aliphatic carbocycles. The summed E-state index contributed by atoms with van der Waals surface area (Å²) in [7, 11) is 0. The predicted molar refractivity (Wildman–Crippen MR) is 56.6 cm³/mol. The lowest BCUT2D eigenvalue weighted by Gasteiger charge is -2.12. The molecule has 82 valence electrons. The second-order valence-corrected chi connectivity index (χ2v) is 4.24. The van der Waals surface area contributed by atoms with Crippen LogP contribution >= 0.6 is 11.8 Å². The summed E-state index contributed by atoms with van der Waals surface area (Å²) in [4.78, 5) is 21.5. The van der Waals surface area contributed by atoms with Crippen molar-refractivity contribution < 1.29 is 14.7 Å². The van der Waals surface area contributed by atoms with Gasteiger partial charge in [-0.25, -0.2) is 4.79 Å². The van der Waals surface area contributed by atoms with Gasteiger partial charge in [0, 0.05) is 11.8 Å². The molecule has 0 spiro atoms. The first-order valence-electron chi connectivity index (χ1n) is 4.27. The number of urea groups is 1. The minimum atomic E-state index is -1.04. The number of hydrogen-bond donors (Lipinski definition) is 3. The molecule has 3 N–H and O–H groups in total. The summed E-state index contributed by atoms with van der Waals surface area (Å²) in [6.07, 6.45) is 1.95. The Kier molecular flexibility index (Phi) is 6.11. The Hall–Kier alpha value is -0.910. The summed E-state index contributed by atoms with van der Waals surface area (Å²) in [6.45, 7) is 3.92. The van der Waals surface area contributed by atoms with Crippen molar-refractivity contribution in [2.24, 2.45) is 0 Å². The quantitative estimate of drug-likeness (QED) is 0.631. The van der Waals surface area contributed by atoms with Crippen molar-refractivity contribution in [2.45, 2.75) is 25.1 Å². The Morgan fingerprint density at radius 3 is 2.43 bits per heavy atom. The molecule has 0 aliphatic heterocycles. The maximum Gasteiger partial charge on any atom is 0.325 e. The molecule has 0 aromatic rings. The highest BCUT2D eigenvalue weighted by atomic mass is 32.2. The number of rotatable bonds is 5. The van der Waals surface area contributed by atoms with E-state index in [1.165, 1.54) is 6.92 Å². The largest absolute Gasteiger partial charge is 0.480 e. The van der Waals surface area contributed by atoms with Gasteiger partial charge in [0.15, 0.2) is 0 Å². The number of amides is 2. The van der Waals surface area contributed by atoms with Gasteiger partial charge in [-0.05, 0) is 13.2 Å². The van der Waals surface area contributed by atoms with Crippen LogP contribution in [0.4, 0.5) is 4.79 Å². The highest BCUT2D eigenvalue weighted by Crippen LogP contribution is 2.01. The molecule has 0 radical (unpaired) electrons. The number of nitrogens with one attached hydrogen (secondary N) is 2. The maximum absolute atomic E-state index is 11.1. The van der Waals surface area contributed by atoms with E-state index in [0.717, 1.165) is 0 Å². The van der Waals surface area contributed by atoms with E-state index in [1.54, 1.807) is 11.8 Å². The molecule has 0 fully saturated rings. The van der Waals surface area contributed by atoms with Gasteiger partial charge >= 0.3 is 12.0 Å². The number of hydrogen-bond acceptors (Lipinski definition) is 3. The lowest BCUT2D eigenvalue weighted by atomic mass is 10.3. The molecule has 0 aromatic carbocycles. The molecule has 0 aliphatic rings. The third-order valence-corrected chi connectivity index (χ3v) is 2.64. The molecule has 0 bridgehead atoms. The Morgan fingerprint density at radius 2 is 2.00 bits per heavy atom. The summed E-state index contributed by atoms with van der Waals surface area (Å²) < 4.78 is 0. The van der Waals surface area contributed by atoms with Crippen LogP contribution in [0.3, 0.4) is 0 Å². The van der Waals surface area contributed by atoms with Crippen LogP contribution in [-0.2, 0) is 4.79 Å². The van der Waals surface area contributed by atoms with Gasteiger partial charge in [0.25, 0.3) is 0 Å². The van der Waals surface area contributed by atoms with Crippen molar-refractivity contribution in [1.82, 2.24) is 10.6 Å². The van der Waals surface area contributed by atoms with Crippen molar-refractivity contribution in [2.75, 3.05) is 12.8 Å². The summed E-state index contributed by atoms with van der Waals surface area (Å²) in [5, 5.41) is 13.7. The van der Waals surface area contributed by atoms with Gasteiger partial charge < -0.3 is 15.7 Å². The molecule has 0 saturated heterocycles. The van der Waals surface area contributed by atoms with Crippen LogP contribution in [0.15, 0.2) is 0 Å². The second kappa shape index (κ2) is 6.53. The van der Waals surface area contributed by atoms with Crippen LogP contribution < -0.4 is 10.6 Å². The molecule has 6 heteroatoms. The van der Waals surface area contributed by atoms with E-state index in [4.69, 9.17) is 5.11 Å². The van der Waals surface area contributed by atoms with Crippen molar-refractivity contribution in [3.8, 4) is 0 Å². The van der Waals surface area contributed by atoms with Crippen molar-refractivity contribution >= 4 is 23.8 Å². The molecule has 2 atom stereocenters. The lowest BCUT2D eigenvalue weighted by molar-refractivity contribution is -0.138. The summed E-state index contributed by atoms with van der Waals surface area (Å²) >= 11 is 1.63. The molecule has 0 saturated carbocycles. The molecule has 1 unspecified atom stereocenters.